The molecule has 0 atom stereocenters. The quantitative estimate of drug-likeness (QED) is 0.765. The van der Waals surface area contributed by atoms with Gasteiger partial charge in [0.2, 0.25) is 0 Å². The highest BCUT2D eigenvalue weighted by Crippen LogP contribution is 2.15. The lowest BCUT2D eigenvalue weighted by Gasteiger charge is -2.40. The fourth-order valence-corrected chi connectivity index (χ4v) is 2.14. The highest BCUT2D eigenvalue weighted by Gasteiger charge is 2.27. The van der Waals surface area contributed by atoms with Crippen LogP contribution < -0.4 is 5.73 Å². The third-order valence-corrected chi connectivity index (χ3v) is 3.58. The Morgan fingerprint density at radius 1 is 1.21 bits per heavy atom. The standard InChI is InChI=1S/C15H22N4/c1-15(2,19-10-8-18(3)9-11-19)7-6-14-5-4-13(16)12-17-14/h4-5,12H,8-11,16H2,1-3H3. The van der Waals surface area contributed by atoms with Crippen molar-refractivity contribution >= 4 is 5.69 Å². The Balaban J connectivity index is 2.06. The lowest BCUT2D eigenvalue weighted by atomic mass is 10.0. The van der Waals surface area contributed by atoms with E-state index >= 15 is 0 Å². The predicted molar refractivity (Wildman–Crippen MR) is 78.7 cm³/mol. The molecule has 4 heteroatoms. The number of nitrogens with zero attached hydrogens (tertiary/aromatic N) is 3. The molecule has 0 spiro atoms. The maximum Gasteiger partial charge on any atom is 0.113 e. The van der Waals surface area contributed by atoms with Gasteiger partial charge in [-0.15, -0.1) is 0 Å². The maximum absolute atomic E-state index is 5.61. The van der Waals surface area contributed by atoms with Gasteiger partial charge in [0.25, 0.3) is 0 Å². The number of hydrogen-bond donors (Lipinski definition) is 1. The molecule has 0 radical (unpaired) electrons. The summed E-state index contributed by atoms with van der Waals surface area (Å²) in [4.78, 5) is 8.99. The van der Waals surface area contributed by atoms with Crippen LogP contribution in [0.5, 0.6) is 0 Å². The molecular weight excluding hydrogens is 236 g/mol. The van der Waals surface area contributed by atoms with Crippen LogP contribution in [0.4, 0.5) is 5.69 Å². The van der Waals surface area contributed by atoms with E-state index < -0.39 is 0 Å². The third-order valence-electron chi connectivity index (χ3n) is 3.58. The molecule has 1 aliphatic heterocycles. The zero-order valence-electron chi connectivity index (χ0n) is 12.0. The van der Waals surface area contributed by atoms with Crippen molar-refractivity contribution in [2.75, 3.05) is 39.0 Å². The lowest BCUT2D eigenvalue weighted by Crippen LogP contribution is -2.53. The molecule has 4 nitrogen and oxygen atoms in total. The number of hydrogen-bond acceptors (Lipinski definition) is 4. The summed E-state index contributed by atoms with van der Waals surface area (Å²) in [6.07, 6.45) is 1.65. The molecule has 0 amide bonds. The van der Waals surface area contributed by atoms with Crippen LogP contribution in [-0.4, -0.2) is 53.5 Å². The van der Waals surface area contributed by atoms with Crippen LogP contribution in [0.3, 0.4) is 0 Å². The number of nitrogens with two attached hydrogens (primary N) is 1. The molecule has 0 aliphatic carbocycles. The van der Waals surface area contributed by atoms with Crippen LogP contribution in [0, 0.1) is 11.8 Å². The normalized spacial score (nSPS) is 17.8. The van der Waals surface area contributed by atoms with Gasteiger partial charge in [-0.05, 0) is 38.9 Å². The first kappa shape index (κ1) is 13.9. The largest absolute Gasteiger partial charge is 0.397 e. The Labute approximate surface area is 115 Å². The van der Waals surface area contributed by atoms with E-state index in [-0.39, 0.29) is 5.54 Å². The zero-order chi connectivity index (χ0) is 13.9. The number of anilines is 1. The summed E-state index contributed by atoms with van der Waals surface area (Å²) in [6, 6.07) is 3.70. The van der Waals surface area contributed by atoms with Gasteiger partial charge in [0, 0.05) is 26.2 Å². The molecule has 1 aliphatic rings. The van der Waals surface area contributed by atoms with Crippen molar-refractivity contribution < 1.29 is 0 Å². The summed E-state index contributed by atoms with van der Waals surface area (Å²) in [6.45, 7) is 8.67. The number of piperazine rings is 1. The molecule has 1 aromatic rings. The number of aromatic nitrogens is 1. The molecule has 1 fully saturated rings. The topological polar surface area (TPSA) is 45.4 Å². The second kappa shape index (κ2) is 5.60. The average molecular weight is 258 g/mol. The predicted octanol–water partition coefficient (Wildman–Crippen LogP) is 1.04. The van der Waals surface area contributed by atoms with Crippen LogP contribution in [0.2, 0.25) is 0 Å². The molecule has 0 aromatic carbocycles. The fraction of sp³-hybridized carbons (Fsp3) is 0.533. The molecule has 0 saturated carbocycles. The molecule has 19 heavy (non-hydrogen) atoms. The Morgan fingerprint density at radius 3 is 2.47 bits per heavy atom. The van der Waals surface area contributed by atoms with Crippen molar-refractivity contribution in [3.63, 3.8) is 0 Å². The number of likely N-dealkylation sites (N-methyl/N-ethyl adjacent to an activating group) is 1. The second-order valence-corrected chi connectivity index (χ2v) is 5.58. The van der Waals surface area contributed by atoms with Crippen LogP contribution in [0.15, 0.2) is 18.3 Å². The van der Waals surface area contributed by atoms with Gasteiger partial charge in [0.05, 0.1) is 17.4 Å². The van der Waals surface area contributed by atoms with E-state index in [2.05, 4.69) is 47.5 Å². The Kier molecular flexibility index (Phi) is 4.08. The van der Waals surface area contributed by atoms with Crippen molar-refractivity contribution in [1.82, 2.24) is 14.8 Å². The van der Waals surface area contributed by atoms with Crippen LogP contribution in [0.25, 0.3) is 0 Å². The van der Waals surface area contributed by atoms with Gasteiger partial charge in [0.15, 0.2) is 0 Å². The van der Waals surface area contributed by atoms with E-state index in [0.29, 0.717) is 5.69 Å². The van der Waals surface area contributed by atoms with Gasteiger partial charge in [-0.2, -0.15) is 0 Å². The Hall–Kier alpha value is -1.57. The lowest BCUT2D eigenvalue weighted by molar-refractivity contribution is 0.0946. The smallest absolute Gasteiger partial charge is 0.113 e. The van der Waals surface area contributed by atoms with Crippen LogP contribution >= 0.6 is 0 Å². The fourth-order valence-electron chi connectivity index (χ4n) is 2.14. The summed E-state index contributed by atoms with van der Waals surface area (Å²) in [5, 5.41) is 0. The van der Waals surface area contributed by atoms with E-state index in [1.165, 1.54) is 0 Å². The average Bonchev–Trinajstić information content (AvgIpc) is 2.39. The van der Waals surface area contributed by atoms with Crippen molar-refractivity contribution in [1.29, 1.82) is 0 Å². The van der Waals surface area contributed by atoms with Crippen molar-refractivity contribution in [3.8, 4) is 11.8 Å². The first-order chi connectivity index (χ1) is 8.97. The van der Waals surface area contributed by atoms with Gasteiger partial charge < -0.3 is 10.6 Å². The molecule has 2 rings (SSSR count). The van der Waals surface area contributed by atoms with Gasteiger partial charge in [-0.3, -0.25) is 4.90 Å². The molecule has 102 valence electrons. The summed E-state index contributed by atoms with van der Waals surface area (Å²) < 4.78 is 0. The monoisotopic (exact) mass is 258 g/mol. The molecule has 1 saturated heterocycles. The first-order valence-electron chi connectivity index (χ1n) is 6.66. The zero-order valence-corrected chi connectivity index (χ0v) is 12.0. The molecule has 0 bridgehead atoms. The van der Waals surface area contributed by atoms with Gasteiger partial charge in [-0.25, -0.2) is 4.98 Å². The molecular formula is C15H22N4. The minimum atomic E-state index is -0.121. The second-order valence-electron chi connectivity index (χ2n) is 5.58. The minimum Gasteiger partial charge on any atom is -0.397 e. The molecule has 2 N–H and O–H groups in total. The van der Waals surface area contributed by atoms with Crippen molar-refractivity contribution in [3.05, 3.63) is 24.0 Å². The van der Waals surface area contributed by atoms with E-state index in [1.807, 2.05) is 12.1 Å². The van der Waals surface area contributed by atoms with Crippen molar-refractivity contribution in [2.24, 2.45) is 0 Å². The van der Waals surface area contributed by atoms with Gasteiger partial charge in [0.1, 0.15) is 5.69 Å². The third kappa shape index (κ3) is 3.69. The highest BCUT2D eigenvalue weighted by atomic mass is 15.3. The van der Waals surface area contributed by atoms with E-state index in [1.54, 1.807) is 6.20 Å². The number of rotatable bonds is 1. The van der Waals surface area contributed by atoms with Crippen molar-refractivity contribution in [2.45, 2.75) is 19.4 Å². The number of nitrogen functional groups attached to an aromatic ring is 1. The first-order valence-corrected chi connectivity index (χ1v) is 6.66. The van der Waals surface area contributed by atoms with Crippen LogP contribution in [0.1, 0.15) is 19.5 Å². The van der Waals surface area contributed by atoms with E-state index in [9.17, 15) is 0 Å². The molecule has 1 aromatic heterocycles. The van der Waals surface area contributed by atoms with E-state index in [0.717, 1.165) is 31.9 Å². The minimum absolute atomic E-state index is 0.121. The Bertz CT molecular complexity index is 473. The number of pyridine rings is 1. The Morgan fingerprint density at radius 2 is 1.89 bits per heavy atom. The van der Waals surface area contributed by atoms with Gasteiger partial charge in [-0.1, -0.05) is 5.92 Å². The van der Waals surface area contributed by atoms with Crippen LogP contribution in [-0.2, 0) is 0 Å². The van der Waals surface area contributed by atoms with Gasteiger partial charge >= 0.3 is 0 Å². The SMILES string of the molecule is CN1CCN(C(C)(C)C#Cc2ccc(N)cn2)CC1. The summed E-state index contributed by atoms with van der Waals surface area (Å²) in [5.41, 5.74) is 6.94. The molecule has 0 unspecified atom stereocenters. The van der Waals surface area contributed by atoms with E-state index in [4.69, 9.17) is 5.73 Å². The highest BCUT2D eigenvalue weighted by molar-refractivity contribution is 5.39. The molecule has 2 heterocycles. The maximum atomic E-state index is 5.61. The summed E-state index contributed by atoms with van der Waals surface area (Å²) in [7, 11) is 2.16. The summed E-state index contributed by atoms with van der Waals surface area (Å²) >= 11 is 0. The summed E-state index contributed by atoms with van der Waals surface area (Å²) in [5.74, 6) is 6.48.